The van der Waals surface area contributed by atoms with Crippen molar-refractivity contribution in [2.45, 2.75) is 13.5 Å². The predicted octanol–water partition coefficient (Wildman–Crippen LogP) is 4.46. The van der Waals surface area contributed by atoms with Crippen LogP contribution in [0.1, 0.15) is 11.1 Å². The summed E-state index contributed by atoms with van der Waals surface area (Å²) in [6, 6.07) is 12.4. The van der Waals surface area contributed by atoms with Crippen LogP contribution in [-0.2, 0) is 6.61 Å². The van der Waals surface area contributed by atoms with Crippen molar-refractivity contribution in [2.75, 3.05) is 0 Å². The van der Waals surface area contributed by atoms with E-state index in [4.69, 9.17) is 9.15 Å². The molecule has 19 heavy (non-hydrogen) atoms. The van der Waals surface area contributed by atoms with Gasteiger partial charge in [-0.05, 0) is 31.2 Å². The molecule has 0 amide bonds. The van der Waals surface area contributed by atoms with Crippen molar-refractivity contribution in [3.63, 3.8) is 0 Å². The van der Waals surface area contributed by atoms with Crippen LogP contribution < -0.4 is 4.74 Å². The molecule has 1 heterocycles. The monoisotopic (exact) mass is 256 g/mol. The minimum absolute atomic E-state index is 0.298. The third-order valence-corrected chi connectivity index (χ3v) is 3.03. The maximum atomic E-state index is 13.0. The van der Waals surface area contributed by atoms with Crippen LogP contribution in [0, 0.1) is 12.7 Å². The van der Waals surface area contributed by atoms with Gasteiger partial charge in [0.1, 0.15) is 23.8 Å². The molecule has 3 rings (SSSR count). The number of hydrogen-bond donors (Lipinski definition) is 0. The van der Waals surface area contributed by atoms with E-state index in [1.807, 2.05) is 31.2 Å². The van der Waals surface area contributed by atoms with Crippen molar-refractivity contribution in [3.05, 3.63) is 65.7 Å². The average Bonchev–Trinajstić information content (AvgIpc) is 2.80. The molecule has 0 aliphatic carbocycles. The highest BCUT2D eigenvalue weighted by Crippen LogP contribution is 2.23. The molecule has 0 radical (unpaired) electrons. The second-order valence-electron chi connectivity index (χ2n) is 4.50. The summed E-state index contributed by atoms with van der Waals surface area (Å²) >= 11 is 0. The molecule has 0 spiro atoms. The highest BCUT2D eigenvalue weighted by Gasteiger charge is 2.07. The summed E-state index contributed by atoms with van der Waals surface area (Å²) in [6.45, 7) is 2.43. The van der Waals surface area contributed by atoms with Gasteiger partial charge in [0, 0.05) is 17.0 Å². The molecule has 0 fully saturated rings. The number of aryl methyl sites for hydroxylation is 1. The van der Waals surface area contributed by atoms with Crippen LogP contribution in [0.3, 0.4) is 0 Å². The molecule has 0 N–H and O–H groups in total. The number of rotatable bonds is 3. The largest absolute Gasteiger partial charge is 0.489 e. The molecule has 0 unspecified atom stereocenters. The summed E-state index contributed by atoms with van der Waals surface area (Å²) in [6.07, 6.45) is 1.61. The molecule has 2 aromatic carbocycles. The van der Waals surface area contributed by atoms with Gasteiger partial charge in [0.2, 0.25) is 0 Å². The molecule has 1 aromatic heterocycles. The second-order valence-corrected chi connectivity index (χ2v) is 4.50. The van der Waals surface area contributed by atoms with Gasteiger partial charge in [-0.1, -0.05) is 17.7 Å². The zero-order chi connectivity index (χ0) is 13.2. The third kappa shape index (κ3) is 2.45. The van der Waals surface area contributed by atoms with Gasteiger partial charge in [-0.2, -0.15) is 0 Å². The third-order valence-electron chi connectivity index (χ3n) is 3.03. The van der Waals surface area contributed by atoms with E-state index in [1.54, 1.807) is 12.3 Å². The Kier molecular flexibility index (Phi) is 2.95. The molecular formula is C16H13FO2. The lowest BCUT2D eigenvalue weighted by Gasteiger charge is -2.05. The number of ether oxygens (including phenoxy) is 1. The molecule has 2 nitrogen and oxygen atoms in total. The summed E-state index contributed by atoms with van der Waals surface area (Å²) in [7, 11) is 0. The summed E-state index contributed by atoms with van der Waals surface area (Å²) in [4.78, 5) is 0. The Morgan fingerprint density at radius 3 is 2.68 bits per heavy atom. The molecule has 0 bridgehead atoms. The van der Waals surface area contributed by atoms with Crippen molar-refractivity contribution in [2.24, 2.45) is 0 Å². The first kappa shape index (κ1) is 11.8. The number of hydrogen-bond acceptors (Lipinski definition) is 2. The van der Waals surface area contributed by atoms with E-state index in [2.05, 4.69) is 0 Å². The Hall–Kier alpha value is -2.29. The fourth-order valence-electron chi connectivity index (χ4n) is 1.96. The van der Waals surface area contributed by atoms with Gasteiger partial charge in [0.15, 0.2) is 0 Å². The molecule has 0 saturated carbocycles. The van der Waals surface area contributed by atoms with Gasteiger partial charge in [0.25, 0.3) is 0 Å². The molecule has 0 atom stereocenters. The van der Waals surface area contributed by atoms with Crippen LogP contribution in [0.2, 0.25) is 0 Å². The fourth-order valence-corrected chi connectivity index (χ4v) is 1.96. The molecule has 0 aliphatic heterocycles. The van der Waals surface area contributed by atoms with E-state index in [9.17, 15) is 4.39 Å². The second kappa shape index (κ2) is 4.76. The van der Waals surface area contributed by atoms with Crippen LogP contribution in [0.4, 0.5) is 4.39 Å². The minimum Gasteiger partial charge on any atom is -0.489 e. The molecule has 0 saturated heterocycles. The maximum absolute atomic E-state index is 13.0. The number of benzene rings is 2. The van der Waals surface area contributed by atoms with Crippen LogP contribution >= 0.6 is 0 Å². The highest BCUT2D eigenvalue weighted by molar-refractivity contribution is 5.80. The van der Waals surface area contributed by atoms with Crippen LogP contribution in [0.15, 0.2) is 53.1 Å². The predicted molar refractivity (Wildman–Crippen MR) is 71.7 cm³/mol. The van der Waals surface area contributed by atoms with Gasteiger partial charge < -0.3 is 9.15 Å². The summed E-state index contributed by atoms with van der Waals surface area (Å²) in [5, 5.41) is 0.883. The van der Waals surface area contributed by atoms with Gasteiger partial charge >= 0.3 is 0 Å². The van der Waals surface area contributed by atoms with Crippen molar-refractivity contribution in [3.8, 4) is 5.75 Å². The standard InChI is InChI=1S/C16H13FO2/c1-11-2-5-14(6-3-11)18-9-12-10-19-16-8-13(17)4-7-15(12)16/h2-8,10H,9H2,1H3. The Bertz CT molecular complexity index is 698. The quantitative estimate of drug-likeness (QED) is 0.690. The van der Waals surface area contributed by atoms with Crippen LogP contribution in [-0.4, -0.2) is 0 Å². The zero-order valence-electron chi connectivity index (χ0n) is 10.5. The Morgan fingerprint density at radius 1 is 1.11 bits per heavy atom. The first-order valence-corrected chi connectivity index (χ1v) is 6.07. The summed E-state index contributed by atoms with van der Waals surface area (Å²) in [5.74, 6) is 0.509. The van der Waals surface area contributed by atoms with E-state index in [1.165, 1.54) is 17.7 Å². The topological polar surface area (TPSA) is 22.4 Å². The molecule has 3 heteroatoms. The molecule has 0 aliphatic rings. The van der Waals surface area contributed by atoms with Crippen LogP contribution in [0.5, 0.6) is 5.75 Å². The van der Waals surface area contributed by atoms with E-state index < -0.39 is 0 Å². The van der Waals surface area contributed by atoms with E-state index in [-0.39, 0.29) is 5.82 Å². The van der Waals surface area contributed by atoms with Gasteiger partial charge in [-0.15, -0.1) is 0 Å². The van der Waals surface area contributed by atoms with Crippen molar-refractivity contribution >= 4 is 11.0 Å². The number of furan rings is 1. The van der Waals surface area contributed by atoms with E-state index in [0.717, 1.165) is 16.7 Å². The fraction of sp³-hybridized carbons (Fsp3) is 0.125. The number of fused-ring (bicyclic) bond motifs is 1. The number of halogens is 1. The van der Waals surface area contributed by atoms with Crippen molar-refractivity contribution in [1.29, 1.82) is 0 Å². The van der Waals surface area contributed by atoms with E-state index >= 15 is 0 Å². The lowest BCUT2D eigenvalue weighted by atomic mass is 10.2. The van der Waals surface area contributed by atoms with Gasteiger partial charge in [-0.3, -0.25) is 0 Å². The summed E-state index contributed by atoms with van der Waals surface area (Å²) < 4.78 is 24.1. The molecule has 96 valence electrons. The first-order valence-electron chi connectivity index (χ1n) is 6.07. The Balaban J connectivity index is 1.80. The lowest BCUT2D eigenvalue weighted by Crippen LogP contribution is -1.94. The van der Waals surface area contributed by atoms with E-state index in [0.29, 0.717) is 12.2 Å². The van der Waals surface area contributed by atoms with Crippen molar-refractivity contribution in [1.82, 2.24) is 0 Å². The normalized spacial score (nSPS) is 10.8. The first-order chi connectivity index (χ1) is 9.22. The minimum atomic E-state index is -0.298. The summed E-state index contributed by atoms with van der Waals surface area (Å²) in [5.41, 5.74) is 2.65. The van der Waals surface area contributed by atoms with Crippen LogP contribution in [0.25, 0.3) is 11.0 Å². The smallest absolute Gasteiger partial charge is 0.137 e. The molecular weight excluding hydrogens is 243 g/mol. The molecule has 3 aromatic rings. The van der Waals surface area contributed by atoms with Crippen molar-refractivity contribution < 1.29 is 13.5 Å². The van der Waals surface area contributed by atoms with Gasteiger partial charge in [-0.25, -0.2) is 4.39 Å². The maximum Gasteiger partial charge on any atom is 0.137 e. The SMILES string of the molecule is Cc1ccc(OCc2coc3cc(F)ccc23)cc1. The Labute approximate surface area is 110 Å². The Morgan fingerprint density at radius 2 is 1.89 bits per heavy atom. The highest BCUT2D eigenvalue weighted by atomic mass is 19.1. The lowest BCUT2D eigenvalue weighted by molar-refractivity contribution is 0.306. The average molecular weight is 256 g/mol. The zero-order valence-corrected chi connectivity index (χ0v) is 10.5. The van der Waals surface area contributed by atoms with Gasteiger partial charge in [0.05, 0.1) is 6.26 Å².